The molecule has 0 aliphatic heterocycles. The Hall–Kier alpha value is -0.740. The highest BCUT2D eigenvalue weighted by Crippen LogP contribution is 2.25. The number of nitrogens with two attached hydrogens (primary N) is 1. The third-order valence-corrected chi connectivity index (χ3v) is 4.13. The van der Waals surface area contributed by atoms with Gasteiger partial charge in [-0.3, -0.25) is 4.79 Å². The Labute approximate surface area is 100 Å². The van der Waals surface area contributed by atoms with Gasteiger partial charge in [-0.2, -0.15) is 0 Å². The predicted molar refractivity (Wildman–Crippen MR) is 65.5 cm³/mol. The molecule has 1 aliphatic carbocycles. The van der Waals surface area contributed by atoms with Gasteiger partial charge in [-0.1, -0.05) is 6.42 Å². The molecule has 0 radical (unpaired) electrons. The second-order valence-corrected chi connectivity index (χ2v) is 5.59. The van der Waals surface area contributed by atoms with Crippen molar-refractivity contribution in [3.63, 3.8) is 0 Å². The third kappa shape index (κ3) is 2.89. The Kier molecular flexibility index (Phi) is 3.71. The first-order valence-electron chi connectivity index (χ1n) is 5.84. The van der Waals surface area contributed by atoms with Crippen molar-refractivity contribution >= 4 is 17.1 Å². The van der Waals surface area contributed by atoms with E-state index in [1.54, 1.807) is 11.3 Å². The van der Waals surface area contributed by atoms with E-state index in [2.05, 4.69) is 4.98 Å². The standard InChI is InChI=1S/C12H18N2OS/c1-8-7-16-12(14-8)6-11(15)9-3-2-4-10(13)5-9/h7,9-10H,2-6,13H2,1H3. The highest BCUT2D eigenvalue weighted by molar-refractivity contribution is 7.09. The Morgan fingerprint density at radius 2 is 2.44 bits per heavy atom. The van der Waals surface area contributed by atoms with E-state index >= 15 is 0 Å². The minimum atomic E-state index is 0.174. The number of aromatic nitrogens is 1. The lowest BCUT2D eigenvalue weighted by molar-refractivity contribution is -0.123. The molecule has 1 aliphatic rings. The van der Waals surface area contributed by atoms with Crippen LogP contribution in [0.2, 0.25) is 0 Å². The van der Waals surface area contributed by atoms with E-state index in [4.69, 9.17) is 5.73 Å². The van der Waals surface area contributed by atoms with Crippen molar-refractivity contribution < 1.29 is 4.79 Å². The topological polar surface area (TPSA) is 56.0 Å². The van der Waals surface area contributed by atoms with Gasteiger partial charge >= 0.3 is 0 Å². The van der Waals surface area contributed by atoms with Gasteiger partial charge in [0.2, 0.25) is 0 Å². The van der Waals surface area contributed by atoms with Gasteiger partial charge in [0.1, 0.15) is 10.8 Å². The van der Waals surface area contributed by atoms with Crippen LogP contribution in [0.3, 0.4) is 0 Å². The number of thiazole rings is 1. The molecule has 2 unspecified atom stereocenters. The van der Waals surface area contributed by atoms with Crippen molar-refractivity contribution in [2.45, 2.75) is 45.1 Å². The van der Waals surface area contributed by atoms with Gasteiger partial charge in [-0.25, -0.2) is 4.98 Å². The summed E-state index contributed by atoms with van der Waals surface area (Å²) in [5, 5.41) is 2.94. The van der Waals surface area contributed by atoms with Crippen LogP contribution in [0, 0.1) is 12.8 Å². The molecule has 0 spiro atoms. The summed E-state index contributed by atoms with van der Waals surface area (Å²) >= 11 is 1.58. The molecule has 0 aromatic carbocycles. The normalized spacial score (nSPS) is 25.6. The lowest BCUT2D eigenvalue weighted by Gasteiger charge is -2.25. The summed E-state index contributed by atoms with van der Waals surface area (Å²) < 4.78 is 0. The van der Waals surface area contributed by atoms with E-state index in [0.717, 1.165) is 36.4 Å². The highest BCUT2D eigenvalue weighted by Gasteiger charge is 2.25. The zero-order chi connectivity index (χ0) is 11.5. The summed E-state index contributed by atoms with van der Waals surface area (Å²) in [6, 6.07) is 0.223. The van der Waals surface area contributed by atoms with E-state index in [9.17, 15) is 4.79 Å². The Morgan fingerprint density at radius 3 is 3.06 bits per heavy atom. The van der Waals surface area contributed by atoms with Crippen LogP contribution in [0.5, 0.6) is 0 Å². The fourth-order valence-electron chi connectivity index (χ4n) is 2.30. The van der Waals surface area contributed by atoms with Crippen molar-refractivity contribution in [1.82, 2.24) is 4.98 Å². The maximum Gasteiger partial charge on any atom is 0.142 e. The quantitative estimate of drug-likeness (QED) is 0.877. The van der Waals surface area contributed by atoms with Gasteiger partial charge in [0.25, 0.3) is 0 Å². The molecule has 0 amide bonds. The van der Waals surface area contributed by atoms with Crippen LogP contribution in [0.4, 0.5) is 0 Å². The first-order valence-corrected chi connectivity index (χ1v) is 6.72. The number of nitrogens with zero attached hydrogens (tertiary/aromatic N) is 1. The summed E-state index contributed by atoms with van der Waals surface area (Å²) in [7, 11) is 0. The van der Waals surface area contributed by atoms with Crippen LogP contribution in [-0.4, -0.2) is 16.8 Å². The number of aryl methyl sites for hydroxylation is 1. The van der Waals surface area contributed by atoms with Crippen LogP contribution in [-0.2, 0) is 11.2 Å². The van der Waals surface area contributed by atoms with E-state index in [-0.39, 0.29) is 12.0 Å². The first kappa shape index (κ1) is 11.7. The molecule has 3 nitrogen and oxygen atoms in total. The Balaban J connectivity index is 1.92. The van der Waals surface area contributed by atoms with E-state index in [0.29, 0.717) is 12.2 Å². The summed E-state index contributed by atoms with van der Waals surface area (Å²) in [5.74, 6) is 0.498. The van der Waals surface area contributed by atoms with Crippen LogP contribution in [0.25, 0.3) is 0 Å². The minimum absolute atomic E-state index is 0.174. The number of hydrogen-bond donors (Lipinski definition) is 1. The van der Waals surface area contributed by atoms with E-state index in [1.165, 1.54) is 0 Å². The zero-order valence-electron chi connectivity index (χ0n) is 9.61. The fourth-order valence-corrected chi connectivity index (χ4v) is 3.08. The zero-order valence-corrected chi connectivity index (χ0v) is 10.4. The number of hydrogen-bond acceptors (Lipinski definition) is 4. The monoisotopic (exact) mass is 238 g/mol. The van der Waals surface area contributed by atoms with E-state index in [1.807, 2.05) is 12.3 Å². The largest absolute Gasteiger partial charge is 0.328 e. The molecule has 1 aromatic rings. The van der Waals surface area contributed by atoms with Crippen LogP contribution in [0.15, 0.2) is 5.38 Å². The molecule has 1 heterocycles. The second kappa shape index (κ2) is 5.06. The lowest BCUT2D eigenvalue weighted by atomic mass is 9.83. The van der Waals surface area contributed by atoms with Crippen molar-refractivity contribution in [1.29, 1.82) is 0 Å². The average Bonchev–Trinajstić information content (AvgIpc) is 2.64. The number of carbonyl (C=O) groups excluding carboxylic acids is 1. The minimum Gasteiger partial charge on any atom is -0.328 e. The molecule has 4 heteroatoms. The Bertz CT molecular complexity index is 375. The van der Waals surface area contributed by atoms with Gasteiger partial charge in [-0.05, 0) is 26.2 Å². The molecule has 0 bridgehead atoms. The summed E-state index contributed by atoms with van der Waals surface area (Å²) in [6.07, 6.45) is 4.53. The van der Waals surface area contributed by atoms with Crippen molar-refractivity contribution in [3.8, 4) is 0 Å². The maximum atomic E-state index is 12.0. The number of carbonyl (C=O) groups is 1. The van der Waals surface area contributed by atoms with Crippen molar-refractivity contribution in [2.24, 2.45) is 11.7 Å². The van der Waals surface area contributed by atoms with Crippen LogP contribution in [0.1, 0.15) is 36.4 Å². The number of Topliss-reactive ketones (excluding diaryl/α,β-unsaturated/α-hetero) is 1. The third-order valence-electron chi connectivity index (χ3n) is 3.16. The summed E-state index contributed by atoms with van der Waals surface area (Å²) in [4.78, 5) is 16.4. The SMILES string of the molecule is Cc1csc(CC(=O)C2CCCC(N)C2)n1. The average molecular weight is 238 g/mol. The maximum absolute atomic E-state index is 12.0. The molecule has 0 saturated heterocycles. The van der Waals surface area contributed by atoms with Gasteiger partial charge in [0.15, 0.2) is 0 Å². The summed E-state index contributed by atoms with van der Waals surface area (Å²) in [6.45, 7) is 1.96. The molecule has 88 valence electrons. The van der Waals surface area contributed by atoms with E-state index < -0.39 is 0 Å². The van der Waals surface area contributed by atoms with Crippen molar-refractivity contribution in [2.75, 3.05) is 0 Å². The number of ketones is 1. The van der Waals surface area contributed by atoms with Crippen molar-refractivity contribution in [3.05, 3.63) is 16.1 Å². The predicted octanol–water partition coefficient (Wildman–Crippen LogP) is 2.08. The molecule has 2 rings (SSSR count). The van der Waals surface area contributed by atoms with Crippen LogP contribution < -0.4 is 5.73 Å². The molecule has 1 saturated carbocycles. The summed E-state index contributed by atoms with van der Waals surface area (Å²) in [5.41, 5.74) is 6.90. The first-order chi connectivity index (χ1) is 7.65. The number of rotatable bonds is 3. The van der Waals surface area contributed by atoms with Gasteiger partial charge in [0, 0.05) is 23.0 Å². The molecule has 1 fully saturated rings. The van der Waals surface area contributed by atoms with Gasteiger partial charge in [-0.15, -0.1) is 11.3 Å². The molecule has 1 aromatic heterocycles. The fraction of sp³-hybridized carbons (Fsp3) is 0.667. The molecule has 16 heavy (non-hydrogen) atoms. The Morgan fingerprint density at radius 1 is 1.62 bits per heavy atom. The second-order valence-electron chi connectivity index (χ2n) is 4.65. The molecular formula is C12H18N2OS. The van der Waals surface area contributed by atoms with Gasteiger partial charge < -0.3 is 5.73 Å². The highest BCUT2D eigenvalue weighted by atomic mass is 32.1. The lowest BCUT2D eigenvalue weighted by Crippen LogP contribution is -2.32. The van der Waals surface area contributed by atoms with Gasteiger partial charge in [0.05, 0.1) is 6.42 Å². The molecule has 2 atom stereocenters. The molecule has 2 N–H and O–H groups in total. The molecular weight excluding hydrogens is 220 g/mol. The smallest absolute Gasteiger partial charge is 0.142 e. The van der Waals surface area contributed by atoms with Crippen LogP contribution >= 0.6 is 11.3 Å².